The van der Waals surface area contributed by atoms with Crippen molar-refractivity contribution >= 4 is 47.4 Å². The van der Waals surface area contributed by atoms with Gasteiger partial charge in [0.1, 0.15) is 0 Å². The predicted octanol–water partition coefficient (Wildman–Crippen LogP) is 4.98. The predicted molar refractivity (Wildman–Crippen MR) is 74.6 cm³/mol. The normalized spacial score (nSPS) is 11.6. The first-order valence-electron chi connectivity index (χ1n) is 4.74. The first-order valence-corrected chi connectivity index (χ1v) is 6.50. The fraction of sp³-hybridized carbons (Fsp3) is 0.455. The average Bonchev–Trinajstić information content (AvgIpc) is 2.16. The van der Waals surface area contributed by atoms with Gasteiger partial charge in [-0.05, 0) is 17.9 Å². The van der Waals surface area contributed by atoms with Crippen molar-refractivity contribution in [1.29, 1.82) is 0 Å². The monoisotopic (exact) mass is 298 g/mol. The van der Waals surface area contributed by atoms with E-state index in [0.29, 0.717) is 27.4 Å². The molecule has 1 aromatic rings. The second kappa shape index (κ2) is 5.72. The van der Waals surface area contributed by atoms with Crippen LogP contribution < -0.4 is 4.74 Å². The highest BCUT2D eigenvalue weighted by molar-refractivity contribution is 7.80. The molecule has 1 rings (SSSR count). The van der Waals surface area contributed by atoms with Crippen LogP contribution in [0, 0.1) is 5.41 Å². The molecule has 0 saturated heterocycles. The molecule has 0 aliphatic carbocycles. The molecule has 0 spiro atoms. The average molecular weight is 300 g/mol. The molecule has 1 nitrogen and oxygen atoms in total. The van der Waals surface area contributed by atoms with Crippen LogP contribution in [0.15, 0.2) is 12.1 Å². The van der Waals surface area contributed by atoms with E-state index in [-0.39, 0.29) is 5.41 Å². The molecule has 5 heteroatoms. The maximum absolute atomic E-state index is 5.99. The maximum Gasteiger partial charge on any atom is 0.156 e. The van der Waals surface area contributed by atoms with E-state index in [1.54, 1.807) is 12.1 Å². The van der Waals surface area contributed by atoms with Crippen LogP contribution in [0.25, 0.3) is 0 Å². The summed E-state index contributed by atoms with van der Waals surface area (Å²) in [7, 11) is 0. The molecule has 0 heterocycles. The van der Waals surface area contributed by atoms with E-state index in [1.165, 1.54) is 0 Å². The van der Waals surface area contributed by atoms with Gasteiger partial charge in [0, 0.05) is 10.4 Å². The topological polar surface area (TPSA) is 9.23 Å². The van der Waals surface area contributed by atoms with Crippen LogP contribution in [-0.2, 0) is 0 Å². The highest BCUT2D eigenvalue weighted by atomic mass is 35.5. The number of ether oxygens (including phenoxy) is 1. The summed E-state index contributed by atoms with van der Waals surface area (Å²) in [6.07, 6.45) is 0. The second-order valence-electron chi connectivity index (χ2n) is 4.31. The third-order valence-corrected chi connectivity index (χ3v) is 3.63. The van der Waals surface area contributed by atoms with Gasteiger partial charge in [-0.15, -0.1) is 0 Å². The van der Waals surface area contributed by atoms with E-state index in [2.05, 4.69) is 26.5 Å². The molecule has 90 valence electrons. The largest absolute Gasteiger partial charge is 0.490 e. The SMILES string of the molecule is CC(C)(CS)COc1c(Cl)cc(Cl)cc1Cl. The van der Waals surface area contributed by atoms with Crippen molar-refractivity contribution in [2.45, 2.75) is 13.8 Å². The van der Waals surface area contributed by atoms with E-state index in [1.807, 2.05) is 0 Å². The Morgan fingerprint density at radius 3 is 2.12 bits per heavy atom. The number of thiol groups is 1. The van der Waals surface area contributed by atoms with Crippen molar-refractivity contribution in [3.05, 3.63) is 27.2 Å². The summed E-state index contributed by atoms with van der Waals surface area (Å²) in [5.74, 6) is 1.19. The molecular weight excluding hydrogens is 287 g/mol. The zero-order valence-electron chi connectivity index (χ0n) is 9.06. The Labute approximate surface area is 116 Å². The van der Waals surface area contributed by atoms with E-state index in [0.717, 1.165) is 5.75 Å². The van der Waals surface area contributed by atoms with Crippen molar-refractivity contribution in [2.75, 3.05) is 12.4 Å². The molecule has 0 unspecified atom stereocenters. The molecule has 0 aromatic heterocycles. The first-order chi connectivity index (χ1) is 7.35. The maximum atomic E-state index is 5.99. The molecule has 0 fully saturated rings. The first kappa shape index (κ1) is 14.3. The molecule has 0 aliphatic rings. The molecule has 0 amide bonds. The molecule has 1 aromatic carbocycles. The van der Waals surface area contributed by atoms with Gasteiger partial charge in [0.25, 0.3) is 0 Å². The molecule has 0 N–H and O–H groups in total. The van der Waals surface area contributed by atoms with Gasteiger partial charge in [0.15, 0.2) is 5.75 Å². The molecular formula is C11H13Cl3OS. The molecule has 0 bridgehead atoms. The van der Waals surface area contributed by atoms with Crippen LogP contribution in [0.1, 0.15) is 13.8 Å². The molecule has 0 aliphatic heterocycles. The van der Waals surface area contributed by atoms with Crippen LogP contribution in [0.3, 0.4) is 0 Å². The second-order valence-corrected chi connectivity index (χ2v) is 5.88. The fourth-order valence-electron chi connectivity index (χ4n) is 0.980. The van der Waals surface area contributed by atoms with E-state index in [4.69, 9.17) is 39.5 Å². The van der Waals surface area contributed by atoms with Crippen molar-refractivity contribution in [3.63, 3.8) is 0 Å². The number of rotatable bonds is 4. The summed E-state index contributed by atoms with van der Waals surface area (Å²) in [5, 5.41) is 1.34. The molecule has 0 saturated carbocycles. The van der Waals surface area contributed by atoms with Gasteiger partial charge in [-0.25, -0.2) is 0 Å². The lowest BCUT2D eigenvalue weighted by atomic mass is 9.98. The van der Waals surface area contributed by atoms with Gasteiger partial charge in [-0.2, -0.15) is 12.6 Å². The zero-order chi connectivity index (χ0) is 12.3. The number of hydrogen-bond donors (Lipinski definition) is 1. The molecule has 16 heavy (non-hydrogen) atoms. The Kier molecular flexibility index (Phi) is 5.11. The summed E-state index contributed by atoms with van der Waals surface area (Å²) in [5.41, 5.74) is -0.0323. The van der Waals surface area contributed by atoms with Gasteiger partial charge in [-0.3, -0.25) is 0 Å². The van der Waals surface area contributed by atoms with Gasteiger partial charge in [0.2, 0.25) is 0 Å². The van der Waals surface area contributed by atoms with Gasteiger partial charge in [0.05, 0.1) is 16.7 Å². The number of hydrogen-bond acceptors (Lipinski definition) is 2. The lowest BCUT2D eigenvalue weighted by Crippen LogP contribution is -2.23. The summed E-state index contributed by atoms with van der Waals surface area (Å²) < 4.78 is 5.61. The van der Waals surface area contributed by atoms with E-state index in [9.17, 15) is 0 Å². The highest BCUT2D eigenvalue weighted by Crippen LogP contribution is 2.36. The van der Waals surface area contributed by atoms with Gasteiger partial charge >= 0.3 is 0 Å². The van der Waals surface area contributed by atoms with Crippen LogP contribution in [0.2, 0.25) is 15.1 Å². The van der Waals surface area contributed by atoms with Gasteiger partial charge in [-0.1, -0.05) is 48.7 Å². The number of benzene rings is 1. The van der Waals surface area contributed by atoms with E-state index < -0.39 is 0 Å². The Bertz CT molecular complexity index is 356. The Morgan fingerprint density at radius 2 is 1.69 bits per heavy atom. The fourth-order valence-corrected chi connectivity index (χ4v) is 2.00. The lowest BCUT2D eigenvalue weighted by Gasteiger charge is -2.23. The van der Waals surface area contributed by atoms with Crippen molar-refractivity contribution in [3.8, 4) is 5.75 Å². The summed E-state index contributed by atoms with van der Waals surface area (Å²) in [4.78, 5) is 0. The summed E-state index contributed by atoms with van der Waals surface area (Å²) >= 11 is 22.0. The van der Waals surface area contributed by atoms with E-state index >= 15 is 0 Å². The van der Waals surface area contributed by atoms with Crippen LogP contribution in [-0.4, -0.2) is 12.4 Å². The van der Waals surface area contributed by atoms with Crippen molar-refractivity contribution < 1.29 is 4.74 Å². The number of halogens is 3. The summed E-state index contributed by atoms with van der Waals surface area (Å²) in [6, 6.07) is 3.22. The van der Waals surface area contributed by atoms with Crippen LogP contribution in [0.5, 0.6) is 5.75 Å². The zero-order valence-corrected chi connectivity index (χ0v) is 12.2. The molecule has 0 radical (unpaired) electrons. The molecule has 0 atom stereocenters. The van der Waals surface area contributed by atoms with Crippen LogP contribution in [0.4, 0.5) is 0 Å². The Morgan fingerprint density at radius 1 is 1.19 bits per heavy atom. The van der Waals surface area contributed by atoms with Crippen molar-refractivity contribution in [1.82, 2.24) is 0 Å². The minimum atomic E-state index is -0.0323. The summed E-state index contributed by atoms with van der Waals surface area (Å²) in [6.45, 7) is 4.60. The minimum absolute atomic E-state index is 0.0323. The minimum Gasteiger partial charge on any atom is -0.490 e. The smallest absolute Gasteiger partial charge is 0.156 e. The van der Waals surface area contributed by atoms with Crippen LogP contribution >= 0.6 is 47.4 Å². The third-order valence-electron chi connectivity index (χ3n) is 2.00. The third kappa shape index (κ3) is 3.92. The van der Waals surface area contributed by atoms with Gasteiger partial charge < -0.3 is 4.74 Å². The quantitative estimate of drug-likeness (QED) is 0.771. The standard InChI is InChI=1S/C11H13Cl3OS/c1-11(2,6-16)5-15-10-8(13)3-7(12)4-9(10)14/h3-4,16H,5-6H2,1-2H3. The Hall–Kier alpha value is 0.240. The Balaban J connectivity index is 2.82. The highest BCUT2D eigenvalue weighted by Gasteiger charge is 2.18. The lowest BCUT2D eigenvalue weighted by molar-refractivity contribution is 0.202. The van der Waals surface area contributed by atoms with Crippen molar-refractivity contribution in [2.24, 2.45) is 5.41 Å².